The van der Waals surface area contributed by atoms with E-state index in [4.69, 9.17) is 10.00 Å². The predicted octanol–water partition coefficient (Wildman–Crippen LogP) is 4.06. The summed E-state index contributed by atoms with van der Waals surface area (Å²) >= 11 is 0. The van der Waals surface area contributed by atoms with E-state index in [1.54, 1.807) is 0 Å². The first-order valence-corrected chi connectivity index (χ1v) is 6.93. The van der Waals surface area contributed by atoms with Crippen LogP contribution in [0.15, 0.2) is 18.2 Å². The standard InChI is InChI=1S/C15H20N2O3/c1-3-5-6-12(4-2)11-20-15-8-7-14(17(18)19)9-13(15)10-16/h7-9,12H,3-6,11H2,1-2H3. The molecule has 0 bridgehead atoms. The van der Waals surface area contributed by atoms with Crippen LogP contribution in [-0.4, -0.2) is 11.5 Å². The van der Waals surface area contributed by atoms with Crippen LogP contribution in [0.3, 0.4) is 0 Å². The van der Waals surface area contributed by atoms with Crippen molar-refractivity contribution in [2.75, 3.05) is 6.61 Å². The van der Waals surface area contributed by atoms with Gasteiger partial charge in [-0.1, -0.05) is 33.1 Å². The van der Waals surface area contributed by atoms with E-state index in [1.165, 1.54) is 18.2 Å². The molecule has 1 aromatic carbocycles. The minimum Gasteiger partial charge on any atom is -0.492 e. The Morgan fingerprint density at radius 2 is 2.20 bits per heavy atom. The van der Waals surface area contributed by atoms with Crippen LogP contribution in [0.4, 0.5) is 5.69 Å². The van der Waals surface area contributed by atoms with Gasteiger partial charge >= 0.3 is 0 Å². The number of nitriles is 1. The van der Waals surface area contributed by atoms with E-state index < -0.39 is 4.92 Å². The van der Waals surface area contributed by atoms with Gasteiger partial charge in [0, 0.05) is 12.1 Å². The maximum absolute atomic E-state index is 10.7. The Morgan fingerprint density at radius 1 is 1.45 bits per heavy atom. The summed E-state index contributed by atoms with van der Waals surface area (Å²) in [6.45, 7) is 4.81. The van der Waals surface area contributed by atoms with E-state index >= 15 is 0 Å². The number of unbranched alkanes of at least 4 members (excludes halogenated alkanes) is 1. The summed E-state index contributed by atoms with van der Waals surface area (Å²) in [6, 6.07) is 6.07. The van der Waals surface area contributed by atoms with Crippen molar-refractivity contribution in [3.05, 3.63) is 33.9 Å². The van der Waals surface area contributed by atoms with Crippen LogP contribution in [0.1, 0.15) is 45.1 Å². The first kappa shape index (κ1) is 16.0. The zero-order chi connectivity index (χ0) is 15.0. The zero-order valence-corrected chi connectivity index (χ0v) is 12.0. The zero-order valence-electron chi connectivity index (χ0n) is 12.0. The summed E-state index contributed by atoms with van der Waals surface area (Å²) in [5, 5.41) is 19.7. The van der Waals surface area contributed by atoms with E-state index in [-0.39, 0.29) is 11.3 Å². The molecular formula is C15H20N2O3. The number of nitrogens with zero attached hydrogens (tertiary/aromatic N) is 2. The minimum atomic E-state index is -0.513. The van der Waals surface area contributed by atoms with Crippen molar-refractivity contribution in [1.82, 2.24) is 0 Å². The molecule has 0 aliphatic heterocycles. The highest BCUT2D eigenvalue weighted by Crippen LogP contribution is 2.24. The molecule has 5 heteroatoms. The quantitative estimate of drug-likeness (QED) is 0.530. The number of ether oxygens (including phenoxy) is 1. The summed E-state index contributed by atoms with van der Waals surface area (Å²) < 4.78 is 5.67. The lowest BCUT2D eigenvalue weighted by Gasteiger charge is -2.16. The van der Waals surface area contributed by atoms with E-state index in [9.17, 15) is 10.1 Å². The second-order valence-electron chi connectivity index (χ2n) is 4.78. The topological polar surface area (TPSA) is 76.2 Å². The number of nitro benzene ring substituents is 1. The molecule has 0 aliphatic rings. The van der Waals surface area contributed by atoms with E-state index in [0.717, 1.165) is 25.7 Å². The van der Waals surface area contributed by atoms with Crippen molar-refractivity contribution < 1.29 is 9.66 Å². The fourth-order valence-electron chi connectivity index (χ4n) is 1.95. The summed E-state index contributed by atoms with van der Waals surface area (Å²) in [5.74, 6) is 0.879. The monoisotopic (exact) mass is 276 g/mol. The Kier molecular flexibility index (Phi) is 6.51. The average molecular weight is 276 g/mol. The highest BCUT2D eigenvalue weighted by molar-refractivity contribution is 5.50. The van der Waals surface area contributed by atoms with Gasteiger partial charge in [0.15, 0.2) is 0 Å². The Bertz CT molecular complexity index is 494. The summed E-state index contributed by atoms with van der Waals surface area (Å²) in [7, 11) is 0. The van der Waals surface area contributed by atoms with Gasteiger partial charge in [-0.2, -0.15) is 5.26 Å². The molecule has 0 saturated heterocycles. The molecule has 1 unspecified atom stereocenters. The molecule has 1 rings (SSSR count). The van der Waals surface area contributed by atoms with E-state index in [1.807, 2.05) is 6.07 Å². The molecule has 0 amide bonds. The SMILES string of the molecule is CCCCC(CC)COc1ccc([N+](=O)[O-])cc1C#N. The lowest BCUT2D eigenvalue weighted by atomic mass is 10.0. The van der Waals surface area contributed by atoms with Crippen LogP contribution in [0.2, 0.25) is 0 Å². The van der Waals surface area contributed by atoms with Gasteiger partial charge in [0.1, 0.15) is 17.4 Å². The van der Waals surface area contributed by atoms with Gasteiger partial charge in [0.05, 0.1) is 11.5 Å². The molecule has 1 atom stereocenters. The van der Waals surface area contributed by atoms with Crippen molar-refractivity contribution >= 4 is 5.69 Å². The van der Waals surface area contributed by atoms with Crippen molar-refractivity contribution in [3.63, 3.8) is 0 Å². The second kappa shape index (κ2) is 8.16. The van der Waals surface area contributed by atoms with Crippen LogP contribution in [0, 0.1) is 27.4 Å². The largest absolute Gasteiger partial charge is 0.492 e. The van der Waals surface area contributed by atoms with Gasteiger partial charge in [0.25, 0.3) is 5.69 Å². The van der Waals surface area contributed by atoms with Crippen molar-refractivity contribution in [1.29, 1.82) is 5.26 Å². The van der Waals surface area contributed by atoms with Gasteiger partial charge in [-0.25, -0.2) is 0 Å². The lowest BCUT2D eigenvalue weighted by molar-refractivity contribution is -0.384. The summed E-state index contributed by atoms with van der Waals surface area (Å²) in [4.78, 5) is 10.2. The van der Waals surface area contributed by atoms with Crippen LogP contribution in [-0.2, 0) is 0 Å². The Morgan fingerprint density at radius 3 is 2.75 bits per heavy atom. The smallest absolute Gasteiger partial charge is 0.271 e. The highest BCUT2D eigenvalue weighted by Gasteiger charge is 2.13. The molecule has 0 saturated carbocycles. The number of hydrogen-bond donors (Lipinski definition) is 0. The first-order valence-electron chi connectivity index (χ1n) is 6.93. The van der Waals surface area contributed by atoms with Gasteiger partial charge in [-0.3, -0.25) is 10.1 Å². The molecular weight excluding hydrogens is 256 g/mol. The molecule has 0 radical (unpaired) electrons. The predicted molar refractivity (Wildman–Crippen MR) is 76.6 cm³/mol. The first-order chi connectivity index (χ1) is 9.62. The fraction of sp³-hybridized carbons (Fsp3) is 0.533. The molecule has 0 aliphatic carbocycles. The number of hydrogen-bond acceptors (Lipinski definition) is 4. The van der Waals surface area contributed by atoms with Crippen LogP contribution < -0.4 is 4.74 Å². The van der Waals surface area contributed by atoms with Gasteiger partial charge in [-0.05, 0) is 18.4 Å². The molecule has 20 heavy (non-hydrogen) atoms. The third-order valence-corrected chi connectivity index (χ3v) is 3.31. The van der Waals surface area contributed by atoms with Crippen molar-refractivity contribution in [2.45, 2.75) is 39.5 Å². The number of non-ortho nitro benzene ring substituents is 1. The molecule has 5 nitrogen and oxygen atoms in total. The van der Waals surface area contributed by atoms with Gasteiger partial charge in [0.2, 0.25) is 0 Å². The Labute approximate surface area is 119 Å². The molecule has 0 fully saturated rings. The number of benzene rings is 1. The highest BCUT2D eigenvalue weighted by atomic mass is 16.6. The van der Waals surface area contributed by atoms with Crippen LogP contribution in [0.5, 0.6) is 5.75 Å². The van der Waals surface area contributed by atoms with Gasteiger partial charge < -0.3 is 4.74 Å². The molecule has 0 heterocycles. The van der Waals surface area contributed by atoms with E-state index in [0.29, 0.717) is 18.3 Å². The maximum Gasteiger partial charge on any atom is 0.271 e. The summed E-state index contributed by atoms with van der Waals surface area (Å²) in [6.07, 6.45) is 4.43. The van der Waals surface area contributed by atoms with Crippen LogP contribution >= 0.6 is 0 Å². The second-order valence-corrected chi connectivity index (χ2v) is 4.78. The summed E-state index contributed by atoms with van der Waals surface area (Å²) in [5.41, 5.74) is 0.122. The van der Waals surface area contributed by atoms with Crippen LogP contribution in [0.25, 0.3) is 0 Å². The van der Waals surface area contributed by atoms with Crippen molar-refractivity contribution in [2.24, 2.45) is 5.92 Å². The van der Waals surface area contributed by atoms with Crippen molar-refractivity contribution in [3.8, 4) is 11.8 Å². The molecule has 0 aromatic heterocycles. The maximum atomic E-state index is 10.7. The van der Waals surface area contributed by atoms with E-state index in [2.05, 4.69) is 13.8 Å². The third kappa shape index (κ3) is 4.54. The third-order valence-electron chi connectivity index (χ3n) is 3.31. The molecule has 0 spiro atoms. The fourth-order valence-corrected chi connectivity index (χ4v) is 1.95. The molecule has 1 aromatic rings. The molecule has 108 valence electrons. The Hall–Kier alpha value is -2.09. The average Bonchev–Trinajstić information content (AvgIpc) is 2.47. The minimum absolute atomic E-state index is 0.0908. The Balaban J connectivity index is 2.72. The lowest BCUT2D eigenvalue weighted by Crippen LogP contribution is -2.12. The number of rotatable bonds is 8. The molecule has 0 N–H and O–H groups in total. The normalized spacial score (nSPS) is 11.7. The van der Waals surface area contributed by atoms with Gasteiger partial charge in [-0.15, -0.1) is 0 Å². The number of nitro groups is 1.